The molecule has 2 N–H and O–H groups in total. The first-order valence-corrected chi connectivity index (χ1v) is 10.1. The molecule has 7 nitrogen and oxygen atoms in total. The van der Waals surface area contributed by atoms with Crippen molar-refractivity contribution in [3.8, 4) is 11.1 Å². The number of fused-ring (bicyclic) bond motifs is 1. The van der Waals surface area contributed by atoms with Crippen LogP contribution in [0.25, 0.3) is 16.8 Å². The minimum Gasteiger partial charge on any atom is -0.349 e. The molecule has 1 aliphatic carbocycles. The number of carbonyl (C=O) groups excluding carboxylic acids is 2. The van der Waals surface area contributed by atoms with Gasteiger partial charge in [-0.25, -0.2) is 4.52 Å². The first kappa shape index (κ1) is 20.3. The van der Waals surface area contributed by atoms with Gasteiger partial charge in [0.2, 0.25) is 5.95 Å². The average Bonchev–Trinajstić information content (AvgIpc) is 3.50. The van der Waals surface area contributed by atoms with E-state index in [9.17, 15) is 9.59 Å². The van der Waals surface area contributed by atoms with Gasteiger partial charge in [-0.15, -0.1) is 5.10 Å². The minimum atomic E-state index is -0.0882. The van der Waals surface area contributed by atoms with Crippen LogP contribution in [-0.4, -0.2) is 39.4 Å². The van der Waals surface area contributed by atoms with Crippen molar-refractivity contribution in [1.29, 1.82) is 0 Å². The molecule has 0 radical (unpaired) electrons. The van der Waals surface area contributed by atoms with Crippen LogP contribution in [0.3, 0.4) is 0 Å². The standard InChI is InChI=1S/C24H23N5O2/c1-2-5-19(23(31)26-20-12-13-20)6-3-14-25-24-27-22-21(7-4-15-29(22)28-24)18-10-8-17(16-30)9-11-18/h2-11,15-16,20H,1,12-14H2,(H,25,28)(H,26,31). The first-order valence-electron chi connectivity index (χ1n) is 10.1. The monoisotopic (exact) mass is 413 g/mol. The topological polar surface area (TPSA) is 88.4 Å². The summed E-state index contributed by atoms with van der Waals surface area (Å²) in [6.45, 7) is 4.14. The van der Waals surface area contributed by atoms with Crippen LogP contribution >= 0.6 is 0 Å². The molecule has 1 saturated carbocycles. The second-order valence-corrected chi connectivity index (χ2v) is 7.25. The Balaban J connectivity index is 1.45. The van der Waals surface area contributed by atoms with E-state index >= 15 is 0 Å². The molecule has 1 fully saturated rings. The number of nitrogens with one attached hydrogen (secondary N) is 2. The second kappa shape index (κ2) is 9.21. The molecule has 0 saturated heterocycles. The van der Waals surface area contributed by atoms with E-state index in [4.69, 9.17) is 0 Å². The smallest absolute Gasteiger partial charge is 0.251 e. The Morgan fingerprint density at radius 2 is 2.03 bits per heavy atom. The highest BCUT2D eigenvalue weighted by atomic mass is 16.1. The molecule has 3 aromatic rings. The van der Waals surface area contributed by atoms with E-state index in [1.165, 1.54) is 0 Å². The molecule has 2 aromatic heterocycles. The Hall–Kier alpha value is -4.00. The molecule has 0 unspecified atom stereocenters. The molecular weight excluding hydrogens is 390 g/mol. The molecule has 1 amide bonds. The largest absolute Gasteiger partial charge is 0.349 e. The Labute approximate surface area is 180 Å². The van der Waals surface area contributed by atoms with E-state index in [0.717, 1.165) is 30.3 Å². The zero-order valence-corrected chi connectivity index (χ0v) is 17.0. The number of aldehydes is 1. The molecule has 31 heavy (non-hydrogen) atoms. The summed E-state index contributed by atoms with van der Waals surface area (Å²) in [6, 6.07) is 11.5. The summed E-state index contributed by atoms with van der Waals surface area (Å²) in [5.74, 6) is 0.396. The summed E-state index contributed by atoms with van der Waals surface area (Å²) in [5.41, 5.74) is 3.78. The van der Waals surface area contributed by atoms with Crippen LogP contribution in [0.15, 0.2) is 79.1 Å². The molecule has 0 spiro atoms. The van der Waals surface area contributed by atoms with E-state index in [2.05, 4.69) is 27.3 Å². The third kappa shape index (κ3) is 4.95. The number of rotatable bonds is 9. The molecular formula is C24H23N5O2. The van der Waals surface area contributed by atoms with Crippen LogP contribution in [-0.2, 0) is 4.79 Å². The number of pyridine rings is 1. The first-order chi connectivity index (χ1) is 15.2. The van der Waals surface area contributed by atoms with Gasteiger partial charge < -0.3 is 10.6 Å². The molecule has 4 rings (SSSR count). The minimum absolute atomic E-state index is 0.0882. The van der Waals surface area contributed by atoms with Crippen LogP contribution in [0.4, 0.5) is 5.95 Å². The number of aromatic nitrogens is 3. The van der Waals surface area contributed by atoms with E-state index in [1.807, 2.05) is 36.5 Å². The van der Waals surface area contributed by atoms with Crippen molar-refractivity contribution in [2.24, 2.45) is 0 Å². The van der Waals surface area contributed by atoms with Gasteiger partial charge in [0.1, 0.15) is 6.29 Å². The van der Waals surface area contributed by atoms with Crippen molar-refractivity contribution in [2.45, 2.75) is 18.9 Å². The van der Waals surface area contributed by atoms with Gasteiger partial charge >= 0.3 is 0 Å². The molecule has 0 atom stereocenters. The van der Waals surface area contributed by atoms with Gasteiger partial charge in [0.05, 0.1) is 0 Å². The van der Waals surface area contributed by atoms with Crippen molar-refractivity contribution in [3.05, 3.63) is 84.6 Å². The maximum absolute atomic E-state index is 12.2. The molecule has 0 bridgehead atoms. The number of benzene rings is 1. The molecule has 1 aromatic carbocycles. The van der Waals surface area contributed by atoms with Crippen LogP contribution in [0, 0.1) is 0 Å². The highest BCUT2D eigenvalue weighted by Crippen LogP contribution is 2.24. The molecule has 156 valence electrons. The Morgan fingerprint density at radius 3 is 2.74 bits per heavy atom. The lowest BCUT2D eigenvalue weighted by atomic mass is 10.1. The normalized spacial score (nSPS) is 14.0. The number of hydrogen-bond acceptors (Lipinski definition) is 5. The summed E-state index contributed by atoms with van der Waals surface area (Å²) in [5, 5.41) is 10.6. The van der Waals surface area contributed by atoms with Crippen LogP contribution < -0.4 is 10.6 Å². The van der Waals surface area contributed by atoms with Gasteiger partial charge in [-0.1, -0.05) is 55.1 Å². The molecule has 1 aliphatic rings. The van der Waals surface area contributed by atoms with E-state index < -0.39 is 0 Å². The summed E-state index contributed by atoms with van der Waals surface area (Å²) in [4.78, 5) is 27.7. The predicted octanol–water partition coefficient (Wildman–Crippen LogP) is 3.57. The van der Waals surface area contributed by atoms with Crippen molar-refractivity contribution >= 4 is 23.8 Å². The fourth-order valence-electron chi connectivity index (χ4n) is 3.11. The Bertz CT molecular complexity index is 1170. The third-order valence-electron chi connectivity index (χ3n) is 4.87. The van der Waals surface area contributed by atoms with E-state index in [0.29, 0.717) is 35.3 Å². The lowest BCUT2D eigenvalue weighted by molar-refractivity contribution is -0.117. The summed E-state index contributed by atoms with van der Waals surface area (Å²) in [6.07, 6.45) is 11.7. The summed E-state index contributed by atoms with van der Waals surface area (Å²) >= 11 is 0. The average molecular weight is 413 g/mol. The zero-order chi connectivity index (χ0) is 21.6. The fraction of sp³-hybridized carbons (Fsp3) is 0.167. The number of anilines is 1. The van der Waals surface area contributed by atoms with E-state index in [-0.39, 0.29) is 5.91 Å². The Kier molecular flexibility index (Phi) is 6.03. The van der Waals surface area contributed by atoms with Gasteiger partial charge in [0.15, 0.2) is 5.65 Å². The second-order valence-electron chi connectivity index (χ2n) is 7.25. The van der Waals surface area contributed by atoms with Crippen LogP contribution in [0.1, 0.15) is 23.2 Å². The number of hydrogen-bond donors (Lipinski definition) is 2. The SMILES string of the molecule is C=CC=C(C=CCNc1nc2c(-c3ccc(C=O)cc3)cccn2n1)C(=O)NC1CC1. The van der Waals surface area contributed by atoms with Crippen LogP contribution in [0.2, 0.25) is 0 Å². The van der Waals surface area contributed by atoms with Gasteiger partial charge in [-0.3, -0.25) is 9.59 Å². The predicted molar refractivity (Wildman–Crippen MR) is 121 cm³/mol. The van der Waals surface area contributed by atoms with Gasteiger partial charge in [0.25, 0.3) is 5.91 Å². The van der Waals surface area contributed by atoms with E-state index in [1.54, 1.807) is 34.9 Å². The molecule has 0 aliphatic heterocycles. The Morgan fingerprint density at radius 1 is 1.23 bits per heavy atom. The number of carbonyl (C=O) groups is 2. The highest BCUT2D eigenvalue weighted by molar-refractivity contribution is 5.96. The lowest BCUT2D eigenvalue weighted by Crippen LogP contribution is -2.26. The summed E-state index contributed by atoms with van der Waals surface area (Å²) < 4.78 is 1.71. The zero-order valence-electron chi connectivity index (χ0n) is 17.0. The van der Waals surface area contributed by atoms with Gasteiger partial charge in [0, 0.05) is 35.5 Å². The number of allylic oxidation sites excluding steroid dienone is 2. The van der Waals surface area contributed by atoms with Crippen molar-refractivity contribution in [2.75, 3.05) is 11.9 Å². The quantitative estimate of drug-likeness (QED) is 0.318. The van der Waals surface area contributed by atoms with Crippen molar-refractivity contribution in [3.63, 3.8) is 0 Å². The highest BCUT2D eigenvalue weighted by Gasteiger charge is 2.23. The molecule has 7 heteroatoms. The maximum atomic E-state index is 12.2. The van der Waals surface area contributed by atoms with Crippen molar-refractivity contribution < 1.29 is 9.59 Å². The fourth-order valence-corrected chi connectivity index (χ4v) is 3.11. The lowest BCUT2D eigenvalue weighted by Gasteiger charge is -2.03. The van der Waals surface area contributed by atoms with Gasteiger partial charge in [-0.05, 0) is 30.5 Å². The summed E-state index contributed by atoms with van der Waals surface area (Å²) in [7, 11) is 0. The number of nitrogens with zero attached hydrogens (tertiary/aromatic N) is 3. The van der Waals surface area contributed by atoms with Crippen LogP contribution in [0.5, 0.6) is 0 Å². The number of amides is 1. The third-order valence-corrected chi connectivity index (χ3v) is 4.87. The maximum Gasteiger partial charge on any atom is 0.251 e. The van der Waals surface area contributed by atoms with Crippen molar-refractivity contribution in [1.82, 2.24) is 19.9 Å². The molecule has 2 heterocycles. The van der Waals surface area contributed by atoms with Gasteiger partial charge in [-0.2, -0.15) is 4.98 Å².